The first kappa shape index (κ1) is 14.2. The summed E-state index contributed by atoms with van der Waals surface area (Å²) in [6.07, 6.45) is 2.29. The van der Waals surface area contributed by atoms with Crippen LogP contribution in [0.5, 0.6) is 0 Å². The van der Waals surface area contributed by atoms with Gasteiger partial charge in [-0.2, -0.15) is 11.3 Å². The van der Waals surface area contributed by atoms with Crippen LogP contribution in [0.15, 0.2) is 22.2 Å². The minimum atomic E-state index is 0.0600. The fourth-order valence-corrected chi connectivity index (χ4v) is 4.34. The average molecular weight is 308 g/mol. The van der Waals surface area contributed by atoms with Crippen LogP contribution < -0.4 is 0 Å². The quantitative estimate of drug-likeness (QED) is 0.939. The third-order valence-corrected chi connectivity index (χ3v) is 5.57. The van der Waals surface area contributed by atoms with Crippen LogP contribution in [-0.4, -0.2) is 34.7 Å². The molecule has 2 aromatic heterocycles. The summed E-state index contributed by atoms with van der Waals surface area (Å²) in [7, 11) is 0. The average Bonchev–Trinajstić information content (AvgIpc) is 3.09. The molecule has 0 aromatic carbocycles. The molecule has 0 saturated carbocycles. The van der Waals surface area contributed by atoms with Gasteiger partial charge in [0.25, 0.3) is 0 Å². The van der Waals surface area contributed by atoms with Gasteiger partial charge in [-0.15, -0.1) is 11.3 Å². The number of rotatable bonds is 4. The molecule has 20 heavy (non-hydrogen) atoms. The molecule has 3 rings (SSSR count). The van der Waals surface area contributed by atoms with Crippen LogP contribution in [0.4, 0.5) is 0 Å². The van der Waals surface area contributed by atoms with Crippen LogP contribution >= 0.6 is 22.7 Å². The number of piperidine rings is 1. The molecule has 1 aliphatic heterocycles. The van der Waals surface area contributed by atoms with Gasteiger partial charge in [-0.3, -0.25) is 4.90 Å². The summed E-state index contributed by atoms with van der Waals surface area (Å²) in [6, 6.07) is 2.12. The fourth-order valence-electron chi connectivity index (χ4n) is 2.82. The van der Waals surface area contributed by atoms with E-state index in [4.69, 9.17) is 4.98 Å². The zero-order chi connectivity index (χ0) is 14.0. The van der Waals surface area contributed by atoms with E-state index in [0.717, 1.165) is 36.8 Å². The Morgan fingerprint density at radius 3 is 3.10 bits per heavy atom. The van der Waals surface area contributed by atoms with Crippen LogP contribution in [0.2, 0.25) is 0 Å². The second-order valence-electron chi connectivity index (χ2n) is 5.94. The van der Waals surface area contributed by atoms with Crippen LogP contribution in [-0.2, 0) is 6.54 Å². The number of thiazole rings is 1. The van der Waals surface area contributed by atoms with Crippen molar-refractivity contribution in [2.75, 3.05) is 19.7 Å². The molecule has 0 spiro atoms. The molecular formula is C15H20N2OS2. The highest BCUT2D eigenvalue weighted by Crippen LogP contribution is 2.30. The number of aliphatic hydroxyl groups excluding tert-OH is 1. The minimum absolute atomic E-state index is 0.0600. The Morgan fingerprint density at radius 1 is 1.45 bits per heavy atom. The van der Waals surface area contributed by atoms with Crippen molar-refractivity contribution < 1.29 is 5.11 Å². The molecule has 0 bridgehead atoms. The number of likely N-dealkylation sites (tertiary alicyclic amines) is 1. The summed E-state index contributed by atoms with van der Waals surface area (Å²) in [5.41, 5.74) is 2.44. The summed E-state index contributed by atoms with van der Waals surface area (Å²) in [5, 5.41) is 17.0. The van der Waals surface area contributed by atoms with Gasteiger partial charge in [-0.05, 0) is 30.8 Å². The number of nitrogens with zero attached hydrogens (tertiary/aromatic N) is 2. The van der Waals surface area contributed by atoms with Gasteiger partial charge in [-0.25, -0.2) is 4.98 Å². The Balaban J connectivity index is 1.66. The molecule has 3 heterocycles. The lowest BCUT2D eigenvalue weighted by Crippen LogP contribution is -2.43. The predicted octanol–water partition coefficient (Wildman–Crippen LogP) is 3.47. The van der Waals surface area contributed by atoms with Crippen molar-refractivity contribution in [3.63, 3.8) is 0 Å². The molecule has 108 valence electrons. The Hall–Kier alpha value is -0.750. The highest BCUT2D eigenvalue weighted by Gasteiger charge is 2.30. The van der Waals surface area contributed by atoms with E-state index < -0.39 is 0 Å². The molecule has 1 aliphatic rings. The van der Waals surface area contributed by atoms with Gasteiger partial charge >= 0.3 is 0 Å². The van der Waals surface area contributed by atoms with E-state index in [1.807, 2.05) is 0 Å². The summed E-state index contributed by atoms with van der Waals surface area (Å²) in [5.74, 6) is 0. The van der Waals surface area contributed by atoms with Gasteiger partial charge in [-0.1, -0.05) is 6.92 Å². The smallest absolute Gasteiger partial charge is 0.124 e. The van der Waals surface area contributed by atoms with Crippen LogP contribution in [0.3, 0.4) is 0 Å². The van der Waals surface area contributed by atoms with Crippen LogP contribution in [0.1, 0.15) is 25.5 Å². The first-order chi connectivity index (χ1) is 9.68. The van der Waals surface area contributed by atoms with Crippen LogP contribution in [0.25, 0.3) is 10.6 Å². The van der Waals surface area contributed by atoms with Crippen molar-refractivity contribution >= 4 is 22.7 Å². The lowest BCUT2D eigenvalue weighted by molar-refractivity contribution is 0.0424. The SMILES string of the molecule is CC1(CO)CCCN(Cc2csc(-c3ccsc3)n2)C1. The second kappa shape index (κ2) is 5.93. The highest BCUT2D eigenvalue weighted by molar-refractivity contribution is 7.14. The number of aromatic nitrogens is 1. The van der Waals surface area contributed by atoms with E-state index in [2.05, 4.69) is 34.0 Å². The first-order valence-electron chi connectivity index (χ1n) is 6.99. The summed E-state index contributed by atoms with van der Waals surface area (Å²) < 4.78 is 0. The van der Waals surface area contributed by atoms with Crippen LogP contribution in [0, 0.1) is 5.41 Å². The Bertz CT molecular complexity index is 552. The van der Waals surface area contributed by atoms with Crippen molar-refractivity contribution in [1.29, 1.82) is 0 Å². The Morgan fingerprint density at radius 2 is 2.35 bits per heavy atom. The third kappa shape index (κ3) is 3.11. The first-order valence-corrected chi connectivity index (χ1v) is 8.81. The summed E-state index contributed by atoms with van der Waals surface area (Å²) in [4.78, 5) is 7.16. The van der Waals surface area contributed by atoms with Gasteiger partial charge in [0.05, 0.1) is 5.69 Å². The van der Waals surface area contributed by atoms with Gasteiger partial charge < -0.3 is 5.11 Å². The van der Waals surface area contributed by atoms with Gasteiger partial charge in [0, 0.05) is 41.4 Å². The molecule has 0 aliphatic carbocycles. The summed E-state index contributed by atoms with van der Waals surface area (Å²) in [6.45, 7) is 5.43. The van der Waals surface area contributed by atoms with E-state index in [1.165, 1.54) is 12.0 Å². The van der Waals surface area contributed by atoms with Gasteiger partial charge in [0.1, 0.15) is 5.01 Å². The normalized spacial score (nSPS) is 24.1. The molecule has 1 fully saturated rings. The Labute approximate surface area is 127 Å². The number of hydrogen-bond acceptors (Lipinski definition) is 5. The molecule has 3 nitrogen and oxygen atoms in total. The van der Waals surface area contributed by atoms with E-state index in [-0.39, 0.29) is 12.0 Å². The number of hydrogen-bond donors (Lipinski definition) is 1. The molecule has 5 heteroatoms. The molecule has 0 radical (unpaired) electrons. The van der Waals surface area contributed by atoms with E-state index >= 15 is 0 Å². The lowest BCUT2D eigenvalue weighted by Gasteiger charge is -2.39. The predicted molar refractivity (Wildman–Crippen MR) is 85.1 cm³/mol. The van der Waals surface area contributed by atoms with Crippen molar-refractivity contribution in [3.8, 4) is 10.6 Å². The molecular weight excluding hydrogens is 288 g/mol. The van der Waals surface area contributed by atoms with Crippen molar-refractivity contribution in [2.24, 2.45) is 5.41 Å². The van der Waals surface area contributed by atoms with E-state index in [1.54, 1.807) is 22.7 Å². The van der Waals surface area contributed by atoms with Crippen molar-refractivity contribution in [3.05, 3.63) is 27.9 Å². The maximum Gasteiger partial charge on any atom is 0.124 e. The molecule has 1 atom stereocenters. The lowest BCUT2D eigenvalue weighted by atomic mass is 9.83. The summed E-state index contributed by atoms with van der Waals surface area (Å²) >= 11 is 3.43. The largest absolute Gasteiger partial charge is 0.396 e. The maximum absolute atomic E-state index is 9.52. The zero-order valence-electron chi connectivity index (χ0n) is 11.7. The molecule has 1 N–H and O–H groups in total. The molecule has 0 amide bonds. The number of thiophene rings is 1. The molecule has 1 unspecified atom stereocenters. The number of aliphatic hydroxyl groups is 1. The monoisotopic (exact) mass is 308 g/mol. The van der Waals surface area contributed by atoms with E-state index in [9.17, 15) is 5.11 Å². The topological polar surface area (TPSA) is 36.4 Å². The standard InChI is InChI=1S/C15H20N2OS2/c1-15(11-18)4-2-5-17(10-15)7-13-9-20-14(16-13)12-3-6-19-8-12/h3,6,8-9,18H,2,4-5,7,10-11H2,1H3. The fraction of sp³-hybridized carbons (Fsp3) is 0.533. The van der Waals surface area contributed by atoms with Gasteiger partial charge in [0.15, 0.2) is 0 Å². The Kier molecular flexibility index (Phi) is 4.21. The molecule has 2 aromatic rings. The minimum Gasteiger partial charge on any atom is -0.396 e. The van der Waals surface area contributed by atoms with Gasteiger partial charge in [0.2, 0.25) is 0 Å². The van der Waals surface area contributed by atoms with Crippen molar-refractivity contribution in [1.82, 2.24) is 9.88 Å². The third-order valence-electron chi connectivity index (χ3n) is 3.95. The van der Waals surface area contributed by atoms with E-state index in [0.29, 0.717) is 0 Å². The van der Waals surface area contributed by atoms with Crippen molar-refractivity contribution in [2.45, 2.75) is 26.3 Å². The second-order valence-corrected chi connectivity index (χ2v) is 7.58. The zero-order valence-corrected chi connectivity index (χ0v) is 13.3. The highest BCUT2D eigenvalue weighted by atomic mass is 32.1. The molecule has 1 saturated heterocycles. The maximum atomic E-state index is 9.52.